The summed E-state index contributed by atoms with van der Waals surface area (Å²) in [5.41, 5.74) is 5.41. The lowest BCUT2D eigenvalue weighted by Gasteiger charge is -2.17. The Kier molecular flexibility index (Phi) is 3.76. The van der Waals surface area contributed by atoms with Crippen molar-refractivity contribution in [1.29, 1.82) is 0 Å². The minimum Gasteiger partial charge on any atom is -0.398 e. The van der Waals surface area contributed by atoms with E-state index in [-0.39, 0.29) is 11.3 Å². The van der Waals surface area contributed by atoms with Crippen LogP contribution in [0.15, 0.2) is 18.2 Å². The van der Waals surface area contributed by atoms with Gasteiger partial charge in [-0.2, -0.15) is 0 Å². The zero-order valence-corrected chi connectivity index (χ0v) is 8.58. The van der Waals surface area contributed by atoms with Gasteiger partial charge in [-0.1, -0.05) is 0 Å². The third-order valence-electron chi connectivity index (χ3n) is 2.00. The number of anilines is 1. The van der Waals surface area contributed by atoms with E-state index in [0.29, 0.717) is 0 Å². The molecule has 0 aliphatic rings. The lowest BCUT2D eigenvalue weighted by molar-refractivity contribution is 0.0621. The molecule has 0 saturated carbocycles. The van der Waals surface area contributed by atoms with E-state index in [9.17, 15) is 18.0 Å². The van der Waals surface area contributed by atoms with Crippen molar-refractivity contribution < 1.29 is 18.0 Å². The highest BCUT2D eigenvalue weighted by Gasteiger charge is 2.18. The van der Waals surface area contributed by atoms with Crippen molar-refractivity contribution in [3.8, 4) is 0 Å². The largest absolute Gasteiger partial charge is 0.398 e. The molecule has 0 aliphatic carbocycles. The second-order valence-electron chi connectivity index (χ2n) is 3.31. The number of carbonyl (C=O) groups excluding carboxylic acids is 1. The minimum atomic E-state index is -2.64. The smallest absolute Gasteiger partial charge is 0.255 e. The molecule has 0 saturated heterocycles. The Bertz CT molecular complexity index is 396. The average molecular weight is 232 g/mol. The summed E-state index contributed by atoms with van der Waals surface area (Å²) in [4.78, 5) is 12.4. The summed E-state index contributed by atoms with van der Waals surface area (Å²) in [6, 6.07) is 3.25. The molecule has 1 aromatic rings. The van der Waals surface area contributed by atoms with Crippen molar-refractivity contribution in [3.05, 3.63) is 29.6 Å². The Labute approximate surface area is 90.6 Å². The third kappa shape index (κ3) is 2.88. The van der Waals surface area contributed by atoms with Crippen LogP contribution in [0.1, 0.15) is 10.4 Å². The van der Waals surface area contributed by atoms with E-state index in [1.54, 1.807) is 0 Å². The van der Waals surface area contributed by atoms with Crippen LogP contribution in [0, 0.1) is 5.82 Å². The van der Waals surface area contributed by atoms with E-state index in [4.69, 9.17) is 5.73 Å². The van der Waals surface area contributed by atoms with E-state index in [1.807, 2.05) is 0 Å². The number of nitrogens with two attached hydrogens (primary N) is 1. The summed E-state index contributed by atoms with van der Waals surface area (Å²) >= 11 is 0. The zero-order chi connectivity index (χ0) is 12.3. The summed E-state index contributed by atoms with van der Waals surface area (Å²) in [5, 5.41) is 0. The van der Waals surface area contributed by atoms with Gasteiger partial charge in [0.05, 0.1) is 12.1 Å². The third-order valence-corrected chi connectivity index (χ3v) is 2.00. The molecule has 1 amide bonds. The van der Waals surface area contributed by atoms with Gasteiger partial charge in [-0.05, 0) is 18.2 Å². The van der Waals surface area contributed by atoms with Crippen LogP contribution >= 0.6 is 0 Å². The Morgan fingerprint density at radius 2 is 2.12 bits per heavy atom. The highest BCUT2D eigenvalue weighted by atomic mass is 19.3. The Balaban J connectivity index is 2.91. The molecular formula is C10H11F3N2O. The molecule has 1 aromatic carbocycles. The Hall–Kier alpha value is -1.72. The molecule has 6 heteroatoms. The summed E-state index contributed by atoms with van der Waals surface area (Å²) in [6.07, 6.45) is -2.64. The van der Waals surface area contributed by atoms with E-state index in [0.717, 1.165) is 17.0 Å². The SMILES string of the molecule is CN(CC(F)F)C(=O)c1cc(F)ccc1N. The molecule has 0 heterocycles. The standard InChI is InChI=1S/C10H11F3N2O/c1-15(5-9(12)13)10(16)7-4-6(11)2-3-8(7)14/h2-4,9H,5,14H2,1H3. The molecule has 0 bridgehead atoms. The van der Waals surface area contributed by atoms with Gasteiger partial charge in [-0.15, -0.1) is 0 Å². The maximum Gasteiger partial charge on any atom is 0.255 e. The molecule has 0 spiro atoms. The van der Waals surface area contributed by atoms with Gasteiger partial charge in [-0.25, -0.2) is 13.2 Å². The number of benzene rings is 1. The highest BCUT2D eigenvalue weighted by molar-refractivity contribution is 5.98. The predicted octanol–water partition coefficient (Wildman–Crippen LogP) is 1.75. The lowest BCUT2D eigenvalue weighted by Crippen LogP contribution is -2.31. The van der Waals surface area contributed by atoms with E-state index in [2.05, 4.69) is 0 Å². The van der Waals surface area contributed by atoms with Crippen molar-refractivity contribution in [2.24, 2.45) is 0 Å². The number of hydrogen-bond donors (Lipinski definition) is 1. The highest BCUT2D eigenvalue weighted by Crippen LogP contribution is 2.15. The Morgan fingerprint density at radius 3 is 2.69 bits per heavy atom. The van der Waals surface area contributed by atoms with Gasteiger partial charge >= 0.3 is 0 Å². The van der Waals surface area contributed by atoms with Crippen LogP contribution < -0.4 is 5.73 Å². The van der Waals surface area contributed by atoms with Gasteiger partial charge in [0.25, 0.3) is 12.3 Å². The number of halogens is 3. The molecule has 3 nitrogen and oxygen atoms in total. The Morgan fingerprint density at radius 1 is 1.50 bits per heavy atom. The van der Waals surface area contributed by atoms with E-state index < -0.39 is 24.7 Å². The van der Waals surface area contributed by atoms with Crippen molar-refractivity contribution in [3.63, 3.8) is 0 Å². The first-order valence-corrected chi connectivity index (χ1v) is 4.50. The van der Waals surface area contributed by atoms with E-state index >= 15 is 0 Å². The van der Waals surface area contributed by atoms with Crippen molar-refractivity contribution in [1.82, 2.24) is 4.90 Å². The molecule has 0 unspecified atom stereocenters. The fourth-order valence-electron chi connectivity index (χ4n) is 1.21. The number of nitrogen functional groups attached to an aromatic ring is 1. The monoisotopic (exact) mass is 232 g/mol. The predicted molar refractivity (Wildman–Crippen MR) is 53.8 cm³/mol. The molecule has 0 aromatic heterocycles. The van der Waals surface area contributed by atoms with Crippen LogP contribution in [0.2, 0.25) is 0 Å². The van der Waals surface area contributed by atoms with Gasteiger partial charge in [0, 0.05) is 12.7 Å². The topological polar surface area (TPSA) is 46.3 Å². The van der Waals surface area contributed by atoms with Crippen LogP contribution in [0.3, 0.4) is 0 Å². The molecule has 0 radical (unpaired) electrons. The van der Waals surface area contributed by atoms with Crippen LogP contribution in [0.4, 0.5) is 18.9 Å². The summed E-state index contributed by atoms with van der Waals surface area (Å²) in [5.74, 6) is -1.36. The molecule has 1 rings (SSSR count). The summed E-state index contributed by atoms with van der Waals surface area (Å²) < 4.78 is 36.9. The number of amides is 1. The maximum atomic E-state index is 12.9. The molecule has 16 heavy (non-hydrogen) atoms. The normalized spacial score (nSPS) is 10.6. The zero-order valence-electron chi connectivity index (χ0n) is 8.58. The molecule has 0 fully saturated rings. The first-order valence-electron chi connectivity index (χ1n) is 4.50. The van der Waals surface area contributed by atoms with Crippen molar-refractivity contribution in [2.45, 2.75) is 6.43 Å². The number of carbonyl (C=O) groups is 1. The lowest BCUT2D eigenvalue weighted by atomic mass is 10.1. The van der Waals surface area contributed by atoms with Crippen molar-refractivity contribution in [2.75, 3.05) is 19.3 Å². The van der Waals surface area contributed by atoms with Gasteiger partial charge in [0.1, 0.15) is 5.82 Å². The fraction of sp³-hybridized carbons (Fsp3) is 0.300. The van der Waals surface area contributed by atoms with Gasteiger partial charge in [0.15, 0.2) is 0 Å². The summed E-state index contributed by atoms with van der Waals surface area (Å²) in [6.45, 7) is -0.714. The number of rotatable bonds is 3. The minimum absolute atomic E-state index is 0.0625. The second-order valence-corrected chi connectivity index (χ2v) is 3.31. The van der Waals surface area contributed by atoms with E-state index in [1.165, 1.54) is 13.1 Å². The molecule has 0 atom stereocenters. The second kappa shape index (κ2) is 4.87. The maximum absolute atomic E-state index is 12.9. The fourth-order valence-corrected chi connectivity index (χ4v) is 1.21. The first-order chi connectivity index (χ1) is 7.41. The molecule has 0 aliphatic heterocycles. The van der Waals surface area contributed by atoms with Crippen LogP contribution in [0.25, 0.3) is 0 Å². The number of nitrogens with zero attached hydrogens (tertiary/aromatic N) is 1. The van der Waals surface area contributed by atoms with Crippen LogP contribution in [-0.4, -0.2) is 30.8 Å². The van der Waals surface area contributed by atoms with Gasteiger partial charge in [-0.3, -0.25) is 4.79 Å². The van der Waals surface area contributed by atoms with Crippen LogP contribution in [0.5, 0.6) is 0 Å². The molecular weight excluding hydrogens is 221 g/mol. The summed E-state index contributed by atoms with van der Waals surface area (Å²) in [7, 11) is 1.21. The van der Waals surface area contributed by atoms with Crippen LogP contribution in [-0.2, 0) is 0 Å². The average Bonchev–Trinajstić information content (AvgIpc) is 2.19. The van der Waals surface area contributed by atoms with Gasteiger partial charge < -0.3 is 10.6 Å². The quantitative estimate of drug-likeness (QED) is 0.807. The van der Waals surface area contributed by atoms with Gasteiger partial charge in [0.2, 0.25) is 0 Å². The van der Waals surface area contributed by atoms with Crippen molar-refractivity contribution >= 4 is 11.6 Å². The number of alkyl halides is 2. The number of hydrogen-bond acceptors (Lipinski definition) is 2. The first kappa shape index (κ1) is 12.4. The molecule has 2 N–H and O–H groups in total. The molecule has 88 valence electrons.